The van der Waals surface area contributed by atoms with E-state index in [0.29, 0.717) is 6.54 Å². The number of rotatable bonds is 4. The third-order valence-corrected chi connectivity index (χ3v) is 8.24. The first-order chi connectivity index (χ1) is 14.0. The molecule has 0 spiro atoms. The highest BCUT2D eigenvalue weighted by atomic mass is 16.2. The number of hydrogen-bond donors (Lipinski definition) is 1. The maximum Gasteiger partial charge on any atom is 0.253 e. The Balaban J connectivity index is 1.18. The summed E-state index contributed by atoms with van der Waals surface area (Å²) in [6.45, 7) is 4.55. The van der Waals surface area contributed by atoms with Crippen LogP contribution in [0.2, 0.25) is 0 Å². The molecular formula is C25H34N2O2. The Morgan fingerprint density at radius 3 is 2.07 bits per heavy atom. The summed E-state index contributed by atoms with van der Waals surface area (Å²) in [6.07, 6.45) is 9.58. The van der Waals surface area contributed by atoms with Gasteiger partial charge in [0.05, 0.1) is 0 Å². The fraction of sp³-hybridized carbons (Fsp3) is 0.680. The van der Waals surface area contributed by atoms with Crippen LogP contribution in [0.3, 0.4) is 0 Å². The summed E-state index contributed by atoms with van der Waals surface area (Å²) in [5.41, 5.74) is 1.75. The highest BCUT2D eigenvalue weighted by Crippen LogP contribution is 2.60. The molecule has 5 aliphatic rings. The zero-order valence-corrected chi connectivity index (χ0v) is 17.7. The summed E-state index contributed by atoms with van der Waals surface area (Å²) in [6, 6.07) is 7.85. The Kier molecular flexibility index (Phi) is 4.92. The molecule has 1 heterocycles. The molecule has 1 saturated heterocycles. The molecule has 1 N–H and O–H groups in total. The predicted octanol–water partition coefficient (Wildman–Crippen LogP) is 4.39. The number of hydrogen-bond acceptors (Lipinski definition) is 2. The first-order valence-electron chi connectivity index (χ1n) is 11.7. The van der Waals surface area contributed by atoms with Crippen LogP contribution in [0.15, 0.2) is 24.3 Å². The van der Waals surface area contributed by atoms with E-state index in [0.717, 1.165) is 80.0 Å². The van der Waals surface area contributed by atoms with Gasteiger partial charge < -0.3 is 10.2 Å². The Morgan fingerprint density at radius 2 is 1.52 bits per heavy atom. The minimum absolute atomic E-state index is 0.0872. The van der Waals surface area contributed by atoms with Gasteiger partial charge in [-0.25, -0.2) is 0 Å². The second-order valence-electron chi connectivity index (χ2n) is 10.6. The number of carbonyl (C=O) groups is 2. The molecule has 0 radical (unpaired) electrons. The SMILES string of the molecule is CC1CCN(C(=O)c2ccc(CNC(=O)C34CC5CC(CC(C5)C3)C4)cc2)CC1. The molecule has 5 fully saturated rings. The van der Waals surface area contributed by atoms with Gasteiger partial charge in [-0.15, -0.1) is 0 Å². The van der Waals surface area contributed by atoms with Crippen molar-refractivity contribution in [2.24, 2.45) is 29.1 Å². The van der Waals surface area contributed by atoms with Crippen molar-refractivity contribution >= 4 is 11.8 Å². The van der Waals surface area contributed by atoms with Crippen LogP contribution in [0, 0.1) is 29.1 Å². The molecule has 0 aromatic heterocycles. The zero-order valence-electron chi connectivity index (χ0n) is 17.7. The van der Waals surface area contributed by atoms with E-state index in [-0.39, 0.29) is 17.2 Å². The zero-order chi connectivity index (χ0) is 20.0. The molecule has 4 heteroatoms. The van der Waals surface area contributed by atoms with Crippen molar-refractivity contribution in [3.8, 4) is 0 Å². The molecule has 0 unspecified atom stereocenters. The summed E-state index contributed by atoms with van der Waals surface area (Å²) in [7, 11) is 0. The van der Waals surface area contributed by atoms with Crippen molar-refractivity contribution in [2.75, 3.05) is 13.1 Å². The van der Waals surface area contributed by atoms with Crippen LogP contribution in [0.1, 0.15) is 74.2 Å². The van der Waals surface area contributed by atoms with Crippen LogP contribution in [0.4, 0.5) is 0 Å². The topological polar surface area (TPSA) is 49.4 Å². The number of benzene rings is 1. The number of carbonyl (C=O) groups excluding carboxylic acids is 2. The minimum Gasteiger partial charge on any atom is -0.352 e. The molecule has 4 aliphatic carbocycles. The van der Waals surface area contributed by atoms with E-state index in [2.05, 4.69) is 12.2 Å². The average Bonchev–Trinajstić information content (AvgIpc) is 2.71. The Labute approximate surface area is 174 Å². The van der Waals surface area contributed by atoms with E-state index in [4.69, 9.17) is 0 Å². The van der Waals surface area contributed by atoms with Crippen LogP contribution in [-0.4, -0.2) is 29.8 Å². The first kappa shape index (κ1) is 19.1. The lowest BCUT2D eigenvalue weighted by atomic mass is 9.49. The van der Waals surface area contributed by atoms with Crippen LogP contribution in [0.25, 0.3) is 0 Å². The van der Waals surface area contributed by atoms with Gasteiger partial charge in [0, 0.05) is 30.6 Å². The average molecular weight is 395 g/mol. The van der Waals surface area contributed by atoms with Crippen molar-refractivity contribution in [3.05, 3.63) is 35.4 Å². The number of amides is 2. The number of likely N-dealkylation sites (tertiary alicyclic amines) is 1. The summed E-state index contributed by atoms with van der Waals surface area (Å²) in [5.74, 6) is 3.50. The monoisotopic (exact) mass is 394 g/mol. The number of nitrogens with one attached hydrogen (secondary N) is 1. The van der Waals surface area contributed by atoms with Crippen molar-refractivity contribution < 1.29 is 9.59 Å². The van der Waals surface area contributed by atoms with Gasteiger partial charge in [0.2, 0.25) is 5.91 Å². The lowest BCUT2D eigenvalue weighted by molar-refractivity contribution is -0.146. The minimum atomic E-state index is -0.0872. The third-order valence-electron chi connectivity index (χ3n) is 8.24. The number of piperidine rings is 1. The lowest BCUT2D eigenvalue weighted by Crippen LogP contribution is -2.53. The maximum atomic E-state index is 13.1. The lowest BCUT2D eigenvalue weighted by Gasteiger charge is -2.55. The van der Waals surface area contributed by atoms with Gasteiger partial charge in [-0.2, -0.15) is 0 Å². The molecule has 4 saturated carbocycles. The summed E-state index contributed by atoms with van der Waals surface area (Å²) >= 11 is 0. The molecule has 1 aliphatic heterocycles. The highest BCUT2D eigenvalue weighted by molar-refractivity contribution is 5.94. The van der Waals surface area contributed by atoms with Crippen LogP contribution >= 0.6 is 0 Å². The second kappa shape index (κ2) is 7.45. The molecule has 6 rings (SSSR count). The van der Waals surface area contributed by atoms with Gasteiger partial charge in [0.15, 0.2) is 0 Å². The molecule has 29 heavy (non-hydrogen) atoms. The Morgan fingerprint density at radius 1 is 0.966 bits per heavy atom. The second-order valence-corrected chi connectivity index (χ2v) is 10.6. The van der Waals surface area contributed by atoms with Gasteiger partial charge >= 0.3 is 0 Å². The van der Waals surface area contributed by atoms with Gasteiger partial charge in [-0.3, -0.25) is 9.59 Å². The van der Waals surface area contributed by atoms with Gasteiger partial charge in [0.25, 0.3) is 5.91 Å². The first-order valence-corrected chi connectivity index (χ1v) is 11.7. The molecular weight excluding hydrogens is 360 g/mol. The quantitative estimate of drug-likeness (QED) is 0.823. The van der Waals surface area contributed by atoms with E-state index in [1.54, 1.807) is 0 Å². The molecule has 0 atom stereocenters. The van der Waals surface area contributed by atoms with Crippen molar-refractivity contribution in [2.45, 2.75) is 64.8 Å². The van der Waals surface area contributed by atoms with E-state index >= 15 is 0 Å². The molecule has 156 valence electrons. The van der Waals surface area contributed by atoms with E-state index in [9.17, 15) is 9.59 Å². The highest BCUT2D eigenvalue weighted by Gasteiger charge is 2.54. The molecule has 1 aromatic carbocycles. The van der Waals surface area contributed by atoms with Gasteiger partial charge in [-0.05, 0) is 92.7 Å². The van der Waals surface area contributed by atoms with Crippen molar-refractivity contribution in [3.63, 3.8) is 0 Å². The largest absolute Gasteiger partial charge is 0.352 e. The van der Waals surface area contributed by atoms with Crippen LogP contribution in [-0.2, 0) is 11.3 Å². The predicted molar refractivity (Wildman–Crippen MR) is 113 cm³/mol. The van der Waals surface area contributed by atoms with Gasteiger partial charge in [-0.1, -0.05) is 19.1 Å². The smallest absolute Gasteiger partial charge is 0.253 e. The third kappa shape index (κ3) is 3.71. The molecule has 4 bridgehead atoms. The molecule has 1 aromatic rings. The van der Waals surface area contributed by atoms with Crippen molar-refractivity contribution in [1.29, 1.82) is 0 Å². The Hall–Kier alpha value is -1.84. The summed E-state index contributed by atoms with van der Waals surface area (Å²) in [4.78, 5) is 27.8. The molecule has 4 nitrogen and oxygen atoms in total. The normalized spacial score (nSPS) is 33.7. The maximum absolute atomic E-state index is 13.1. The number of nitrogens with zero attached hydrogens (tertiary/aromatic N) is 1. The summed E-state index contributed by atoms with van der Waals surface area (Å²) in [5, 5.41) is 3.24. The van der Waals surface area contributed by atoms with E-state index in [1.165, 1.54) is 19.3 Å². The van der Waals surface area contributed by atoms with Crippen LogP contribution in [0.5, 0.6) is 0 Å². The fourth-order valence-corrected chi connectivity index (χ4v) is 6.92. The Bertz CT molecular complexity index is 741. The van der Waals surface area contributed by atoms with E-state index < -0.39 is 0 Å². The fourth-order valence-electron chi connectivity index (χ4n) is 6.92. The van der Waals surface area contributed by atoms with Crippen molar-refractivity contribution in [1.82, 2.24) is 10.2 Å². The summed E-state index contributed by atoms with van der Waals surface area (Å²) < 4.78 is 0. The molecule has 2 amide bonds. The van der Waals surface area contributed by atoms with Gasteiger partial charge in [0.1, 0.15) is 0 Å². The van der Waals surface area contributed by atoms with Crippen LogP contribution < -0.4 is 5.32 Å². The van der Waals surface area contributed by atoms with E-state index in [1.807, 2.05) is 29.2 Å². The standard InChI is InChI=1S/C25H34N2O2/c1-17-6-8-27(9-7-17)23(28)22-4-2-18(3-5-22)16-26-24(29)25-13-19-10-20(14-25)12-21(11-19)15-25/h2-5,17,19-21H,6-16H2,1H3,(H,26,29).